The van der Waals surface area contributed by atoms with Crippen molar-refractivity contribution in [3.8, 4) is 0 Å². The number of rotatable bonds is 5. The molecule has 0 saturated carbocycles. The number of imidazole rings is 1. The van der Waals surface area contributed by atoms with E-state index in [1.807, 2.05) is 16.7 Å². The molecule has 2 rings (SSSR count). The average Bonchev–Trinajstić information content (AvgIpc) is 2.79. The third-order valence-corrected chi connectivity index (χ3v) is 2.39. The summed E-state index contributed by atoms with van der Waals surface area (Å²) >= 11 is 0. The molecule has 2 aromatic heterocycles. The van der Waals surface area contributed by atoms with Crippen molar-refractivity contribution in [3.05, 3.63) is 48.3 Å². The summed E-state index contributed by atoms with van der Waals surface area (Å²) in [6.07, 6.45) is 7.06. The van der Waals surface area contributed by atoms with Gasteiger partial charge < -0.3 is 10.3 Å². The van der Waals surface area contributed by atoms with Crippen LogP contribution in [0.4, 0.5) is 0 Å². The summed E-state index contributed by atoms with van der Waals surface area (Å²) in [4.78, 5) is 19.9. The van der Waals surface area contributed by atoms with E-state index in [1.54, 1.807) is 24.9 Å². The molecule has 0 aliphatic rings. The van der Waals surface area contributed by atoms with E-state index in [1.165, 1.54) is 0 Å². The number of nitrogens with two attached hydrogens (primary N) is 1. The molecule has 5 heteroatoms. The molecule has 0 unspecified atom stereocenters. The van der Waals surface area contributed by atoms with Gasteiger partial charge in [0.2, 0.25) is 0 Å². The highest BCUT2D eigenvalue weighted by molar-refractivity contribution is 5.95. The molecule has 0 aliphatic carbocycles. The van der Waals surface area contributed by atoms with Crippen molar-refractivity contribution in [2.45, 2.75) is 13.0 Å². The number of hydrogen-bond donors (Lipinski definition) is 1. The molecule has 2 aromatic rings. The summed E-state index contributed by atoms with van der Waals surface area (Å²) in [5.74, 6) is -0.00577. The fraction of sp³-hybridized carbons (Fsp3) is 0.250. The lowest BCUT2D eigenvalue weighted by atomic mass is 10.1. The third-order valence-electron chi connectivity index (χ3n) is 2.39. The number of carbonyl (C=O) groups excluding carboxylic acids is 1. The number of nitrogens with zero attached hydrogens (tertiary/aromatic N) is 3. The summed E-state index contributed by atoms with van der Waals surface area (Å²) < 4.78 is 1.82. The molecular formula is C12H14N4O. The molecule has 0 amide bonds. The smallest absolute Gasteiger partial charge is 0.187 e. The lowest BCUT2D eigenvalue weighted by Crippen LogP contribution is -2.08. The zero-order chi connectivity index (χ0) is 12.1. The van der Waals surface area contributed by atoms with Gasteiger partial charge in [-0.25, -0.2) is 4.98 Å². The summed E-state index contributed by atoms with van der Waals surface area (Å²) in [6, 6.07) is 3.69. The molecule has 0 aliphatic heterocycles. The Balaban J connectivity index is 2.04. The van der Waals surface area contributed by atoms with Crippen LogP contribution in [0.3, 0.4) is 0 Å². The van der Waals surface area contributed by atoms with Crippen LogP contribution in [0.15, 0.2) is 37.1 Å². The Labute approximate surface area is 99.3 Å². The van der Waals surface area contributed by atoms with Crippen molar-refractivity contribution in [3.63, 3.8) is 0 Å². The Morgan fingerprint density at radius 2 is 2.35 bits per heavy atom. The lowest BCUT2D eigenvalue weighted by molar-refractivity contribution is 0.0988. The largest absolute Gasteiger partial charge is 0.335 e. The highest BCUT2D eigenvalue weighted by Gasteiger charge is 2.10. The molecule has 0 bridgehead atoms. The average molecular weight is 230 g/mol. The second kappa shape index (κ2) is 5.36. The number of aromatic nitrogens is 3. The number of pyridine rings is 1. The second-order valence-electron chi connectivity index (χ2n) is 3.75. The number of ketones is 1. The Morgan fingerprint density at radius 1 is 1.47 bits per heavy atom. The molecule has 2 heterocycles. The van der Waals surface area contributed by atoms with Crippen LogP contribution in [0.25, 0.3) is 0 Å². The van der Waals surface area contributed by atoms with Gasteiger partial charge >= 0.3 is 0 Å². The standard InChI is InChI=1S/C12H14N4O/c13-3-5-16-8-11(15-9-16)12(17)6-10-2-1-4-14-7-10/h1-2,4,7-9H,3,5-6,13H2. The fourth-order valence-electron chi connectivity index (χ4n) is 1.55. The summed E-state index contributed by atoms with van der Waals surface area (Å²) in [5.41, 5.74) is 6.80. The molecule has 88 valence electrons. The van der Waals surface area contributed by atoms with Gasteiger partial charge in [-0.2, -0.15) is 0 Å². The van der Waals surface area contributed by atoms with Gasteiger partial charge in [-0.15, -0.1) is 0 Å². The van der Waals surface area contributed by atoms with Gasteiger partial charge in [-0.05, 0) is 11.6 Å². The Morgan fingerprint density at radius 3 is 3.06 bits per heavy atom. The minimum absolute atomic E-state index is 0.00577. The van der Waals surface area contributed by atoms with Crippen LogP contribution >= 0.6 is 0 Å². The van der Waals surface area contributed by atoms with Gasteiger partial charge in [0.25, 0.3) is 0 Å². The first kappa shape index (κ1) is 11.5. The fourth-order valence-corrected chi connectivity index (χ4v) is 1.55. The molecule has 5 nitrogen and oxygen atoms in total. The second-order valence-corrected chi connectivity index (χ2v) is 3.75. The topological polar surface area (TPSA) is 73.8 Å². The maximum Gasteiger partial charge on any atom is 0.187 e. The molecule has 0 fully saturated rings. The van der Waals surface area contributed by atoms with E-state index in [9.17, 15) is 4.79 Å². The monoisotopic (exact) mass is 230 g/mol. The van der Waals surface area contributed by atoms with Gasteiger partial charge in [0, 0.05) is 38.1 Å². The van der Waals surface area contributed by atoms with Gasteiger partial charge in [0.1, 0.15) is 5.69 Å². The normalized spacial score (nSPS) is 10.4. The van der Waals surface area contributed by atoms with E-state index in [2.05, 4.69) is 9.97 Å². The summed E-state index contributed by atoms with van der Waals surface area (Å²) in [5, 5.41) is 0. The van der Waals surface area contributed by atoms with Crippen LogP contribution in [-0.2, 0) is 13.0 Å². The Hall–Kier alpha value is -2.01. The minimum Gasteiger partial charge on any atom is -0.335 e. The van der Waals surface area contributed by atoms with Crippen molar-refractivity contribution in [2.75, 3.05) is 6.54 Å². The maximum absolute atomic E-state index is 11.9. The molecule has 0 atom stereocenters. The Bertz CT molecular complexity index is 492. The molecule has 17 heavy (non-hydrogen) atoms. The van der Waals surface area contributed by atoms with Gasteiger partial charge in [-0.1, -0.05) is 6.07 Å². The van der Waals surface area contributed by atoms with Crippen molar-refractivity contribution in [2.24, 2.45) is 5.73 Å². The summed E-state index contributed by atoms with van der Waals surface area (Å²) in [7, 11) is 0. The lowest BCUT2D eigenvalue weighted by Gasteiger charge is -1.98. The van der Waals surface area contributed by atoms with Gasteiger partial charge in [0.05, 0.1) is 6.33 Å². The quantitative estimate of drug-likeness (QED) is 0.766. The van der Waals surface area contributed by atoms with Crippen molar-refractivity contribution < 1.29 is 4.79 Å². The molecule has 0 radical (unpaired) electrons. The number of hydrogen-bond acceptors (Lipinski definition) is 4. The van der Waals surface area contributed by atoms with Crippen LogP contribution in [-0.4, -0.2) is 26.9 Å². The minimum atomic E-state index is -0.00577. The first-order chi connectivity index (χ1) is 8.29. The van der Waals surface area contributed by atoms with E-state index in [4.69, 9.17) is 5.73 Å². The number of Topliss-reactive ketones (excluding diaryl/α,β-unsaturated/α-hetero) is 1. The van der Waals surface area contributed by atoms with Crippen LogP contribution in [0.1, 0.15) is 16.1 Å². The zero-order valence-corrected chi connectivity index (χ0v) is 9.41. The molecule has 0 spiro atoms. The third kappa shape index (κ3) is 2.98. The summed E-state index contributed by atoms with van der Waals surface area (Å²) in [6.45, 7) is 1.21. The van der Waals surface area contributed by atoms with E-state index in [-0.39, 0.29) is 5.78 Å². The maximum atomic E-state index is 11.9. The van der Waals surface area contributed by atoms with E-state index in [0.29, 0.717) is 25.2 Å². The predicted octanol–water partition coefficient (Wildman–Crippen LogP) is 0.662. The van der Waals surface area contributed by atoms with Crippen LogP contribution in [0.2, 0.25) is 0 Å². The Kier molecular flexibility index (Phi) is 3.62. The number of carbonyl (C=O) groups is 1. The first-order valence-electron chi connectivity index (χ1n) is 5.43. The van der Waals surface area contributed by atoms with Crippen molar-refractivity contribution in [1.29, 1.82) is 0 Å². The van der Waals surface area contributed by atoms with Crippen LogP contribution < -0.4 is 5.73 Å². The van der Waals surface area contributed by atoms with Crippen molar-refractivity contribution >= 4 is 5.78 Å². The highest BCUT2D eigenvalue weighted by Crippen LogP contribution is 2.04. The SMILES string of the molecule is NCCn1cnc(C(=O)Cc2cccnc2)c1. The van der Waals surface area contributed by atoms with Crippen LogP contribution in [0.5, 0.6) is 0 Å². The van der Waals surface area contributed by atoms with Gasteiger partial charge in [0.15, 0.2) is 5.78 Å². The molecule has 0 saturated heterocycles. The van der Waals surface area contributed by atoms with Crippen molar-refractivity contribution in [1.82, 2.24) is 14.5 Å². The predicted molar refractivity (Wildman–Crippen MR) is 63.6 cm³/mol. The molecule has 0 aromatic carbocycles. The zero-order valence-electron chi connectivity index (χ0n) is 9.41. The first-order valence-corrected chi connectivity index (χ1v) is 5.43. The van der Waals surface area contributed by atoms with E-state index >= 15 is 0 Å². The molecule has 2 N–H and O–H groups in total. The highest BCUT2D eigenvalue weighted by atomic mass is 16.1. The van der Waals surface area contributed by atoms with E-state index in [0.717, 1.165) is 5.56 Å². The van der Waals surface area contributed by atoms with Crippen LogP contribution in [0, 0.1) is 0 Å². The van der Waals surface area contributed by atoms with E-state index < -0.39 is 0 Å². The van der Waals surface area contributed by atoms with Gasteiger partial charge in [-0.3, -0.25) is 9.78 Å². The molecular weight excluding hydrogens is 216 g/mol.